The van der Waals surface area contributed by atoms with Gasteiger partial charge in [-0.25, -0.2) is 0 Å². The molecule has 0 saturated heterocycles. The number of aliphatic hydroxyl groups is 1. The van der Waals surface area contributed by atoms with Gasteiger partial charge >= 0.3 is 0 Å². The Hall–Kier alpha value is -3.12. The first-order chi connectivity index (χ1) is 13.1. The summed E-state index contributed by atoms with van der Waals surface area (Å²) in [5.74, 6) is 0.409. The van der Waals surface area contributed by atoms with Crippen LogP contribution >= 0.6 is 0 Å². The van der Waals surface area contributed by atoms with E-state index in [1.165, 1.54) is 0 Å². The predicted molar refractivity (Wildman–Crippen MR) is 103 cm³/mol. The molecular formula is C21H23N3O3. The molecule has 0 aliphatic rings. The highest BCUT2D eigenvalue weighted by Crippen LogP contribution is 2.19. The Morgan fingerprint density at radius 2 is 2.00 bits per heavy atom. The molecule has 1 heterocycles. The molecule has 2 N–H and O–H groups in total. The average molecular weight is 365 g/mol. The number of nitrogens with one attached hydrogen (secondary N) is 1. The lowest BCUT2D eigenvalue weighted by molar-refractivity contribution is 0.0915. The standard InChI is InChI=1S/C21H23N3O3/c1-24-19(11-15-7-4-3-5-8-15)18(13-23-24)21(26)22-14-20(25)16-9-6-10-17(12-16)27-2/h3-10,12-13,20,25H,11,14H2,1-2H3,(H,22,26). The molecule has 0 spiro atoms. The normalized spacial score (nSPS) is 11.8. The molecule has 0 aliphatic heterocycles. The molecule has 0 bridgehead atoms. The van der Waals surface area contributed by atoms with Gasteiger partial charge in [0.1, 0.15) is 5.75 Å². The van der Waals surface area contributed by atoms with Crippen LogP contribution in [0.25, 0.3) is 0 Å². The van der Waals surface area contributed by atoms with E-state index in [0.717, 1.165) is 11.3 Å². The van der Waals surface area contributed by atoms with Crippen molar-refractivity contribution in [2.75, 3.05) is 13.7 Å². The molecule has 6 nitrogen and oxygen atoms in total. The van der Waals surface area contributed by atoms with Gasteiger partial charge in [0.2, 0.25) is 0 Å². The van der Waals surface area contributed by atoms with Crippen LogP contribution in [0.15, 0.2) is 60.8 Å². The van der Waals surface area contributed by atoms with E-state index in [4.69, 9.17) is 4.74 Å². The van der Waals surface area contributed by atoms with Crippen LogP contribution in [0.3, 0.4) is 0 Å². The zero-order valence-electron chi connectivity index (χ0n) is 15.4. The highest BCUT2D eigenvalue weighted by atomic mass is 16.5. The molecule has 1 atom stereocenters. The number of aromatic nitrogens is 2. The Balaban J connectivity index is 1.68. The molecule has 0 saturated carbocycles. The summed E-state index contributed by atoms with van der Waals surface area (Å²) in [7, 11) is 3.39. The van der Waals surface area contributed by atoms with Crippen LogP contribution in [-0.4, -0.2) is 34.4 Å². The molecule has 1 amide bonds. The fourth-order valence-corrected chi connectivity index (χ4v) is 2.90. The zero-order chi connectivity index (χ0) is 19.2. The van der Waals surface area contributed by atoms with Crippen LogP contribution in [-0.2, 0) is 13.5 Å². The minimum absolute atomic E-state index is 0.103. The Morgan fingerprint density at radius 3 is 2.74 bits per heavy atom. The van der Waals surface area contributed by atoms with E-state index >= 15 is 0 Å². The SMILES string of the molecule is COc1cccc(C(O)CNC(=O)c2cnn(C)c2Cc2ccccc2)c1. The van der Waals surface area contributed by atoms with Crippen molar-refractivity contribution in [2.24, 2.45) is 7.05 Å². The molecule has 2 aromatic carbocycles. The molecule has 0 fully saturated rings. The van der Waals surface area contributed by atoms with Gasteiger partial charge in [-0.05, 0) is 23.3 Å². The number of amides is 1. The summed E-state index contributed by atoms with van der Waals surface area (Å²) in [6, 6.07) is 17.1. The molecule has 27 heavy (non-hydrogen) atoms. The lowest BCUT2D eigenvalue weighted by Crippen LogP contribution is -2.29. The van der Waals surface area contributed by atoms with E-state index in [2.05, 4.69) is 10.4 Å². The first-order valence-electron chi connectivity index (χ1n) is 8.73. The van der Waals surface area contributed by atoms with Crippen molar-refractivity contribution in [3.8, 4) is 5.75 Å². The van der Waals surface area contributed by atoms with E-state index in [1.54, 1.807) is 42.3 Å². The average Bonchev–Trinajstić information content (AvgIpc) is 3.07. The first kappa shape index (κ1) is 18.7. The lowest BCUT2D eigenvalue weighted by atomic mass is 10.1. The maximum atomic E-state index is 12.6. The van der Waals surface area contributed by atoms with Gasteiger partial charge in [-0.3, -0.25) is 9.48 Å². The van der Waals surface area contributed by atoms with Crippen LogP contribution < -0.4 is 10.1 Å². The minimum atomic E-state index is -0.821. The largest absolute Gasteiger partial charge is 0.497 e. The first-order valence-corrected chi connectivity index (χ1v) is 8.73. The molecule has 3 aromatic rings. The Bertz CT molecular complexity index is 906. The monoisotopic (exact) mass is 365 g/mol. The van der Waals surface area contributed by atoms with Gasteiger partial charge in [-0.2, -0.15) is 5.10 Å². The number of ether oxygens (including phenoxy) is 1. The third-order valence-electron chi connectivity index (χ3n) is 4.46. The molecule has 3 rings (SSSR count). The van der Waals surface area contributed by atoms with Crippen molar-refractivity contribution < 1.29 is 14.6 Å². The summed E-state index contributed by atoms with van der Waals surface area (Å²) in [6.45, 7) is 0.103. The van der Waals surface area contributed by atoms with E-state index in [1.807, 2.05) is 37.4 Å². The number of methoxy groups -OCH3 is 1. The smallest absolute Gasteiger partial charge is 0.254 e. The van der Waals surface area contributed by atoms with Gasteiger partial charge < -0.3 is 15.2 Å². The zero-order valence-corrected chi connectivity index (χ0v) is 15.4. The van der Waals surface area contributed by atoms with Gasteiger partial charge in [-0.1, -0.05) is 42.5 Å². The number of hydrogen-bond donors (Lipinski definition) is 2. The van der Waals surface area contributed by atoms with E-state index in [0.29, 0.717) is 23.3 Å². The number of nitrogens with zero attached hydrogens (tertiary/aromatic N) is 2. The quantitative estimate of drug-likeness (QED) is 0.674. The summed E-state index contributed by atoms with van der Waals surface area (Å²) in [6.07, 6.45) is 1.35. The van der Waals surface area contributed by atoms with Crippen molar-refractivity contribution in [1.29, 1.82) is 0 Å². The van der Waals surface area contributed by atoms with Crippen molar-refractivity contribution in [3.63, 3.8) is 0 Å². The summed E-state index contributed by atoms with van der Waals surface area (Å²) in [4.78, 5) is 12.6. The third-order valence-corrected chi connectivity index (χ3v) is 4.46. The summed E-state index contributed by atoms with van der Waals surface area (Å²) in [5.41, 5.74) is 3.13. The minimum Gasteiger partial charge on any atom is -0.497 e. The highest BCUT2D eigenvalue weighted by Gasteiger charge is 2.18. The fraction of sp³-hybridized carbons (Fsp3) is 0.238. The second-order valence-electron chi connectivity index (χ2n) is 6.29. The van der Waals surface area contributed by atoms with Crippen LogP contribution in [0.5, 0.6) is 5.75 Å². The molecule has 0 radical (unpaired) electrons. The Morgan fingerprint density at radius 1 is 1.22 bits per heavy atom. The molecule has 1 unspecified atom stereocenters. The van der Waals surface area contributed by atoms with E-state index in [-0.39, 0.29) is 12.5 Å². The molecule has 0 aliphatic carbocycles. The highest BCUT2D eigenvalue weighted by molar-refractivity contribution is 5.95. The van der Waals surface area contributed by atoms with Gasteiger partial charge in [-0.15, -0.1) is 0 Å². The molecular weight excluding hydrogens is 342 g/mol. The number of aryl methyl sites for hydroxylation is 1. The van der Waals surface area contributed by atoms with Crippen molar-refractivity contribution in [1.82, 2.24) is 15.1 Å². The fourth-order valence-electron chi connectivity index (χ4n) is 2.90. The van der Waals surface area contributed by atoms with Crippen molar-refractivity contribution in [3.05, 3.63) is 83.2 Å². The second kappa shape index (κ2) is 8.51. The molecule has 6 heteroatoms. The molecule has 1 aromatic heterocycles. The lowest BCUT2D eigenvalue weighted by Gasteiger charge is -2.13. The van der Waals surface area contributed by atoms with Crippen LogP contribution in [0.2, 0.25) is 0 Å². The van der Waals surface area contributed by atoms with Crippen molar-refractivity contribution in [2.45, 2.75) is 12.5 Å². The third kappa shape index (κ3) is 4.54. The maximum Gasteiger partial charge on any atom is 0.254 e. The van der Waals surface area contributed by atoms with Gasteiger partial charge in [0.25, 0.3) is 5.91 Å². The number of rotatable bonds is 7. The Labute approximate surface area is 158 Å². The second-order valence-corrected chi connectivity index (χ2v) is 6.29. The topological polar surface area (TPSA) is 76.4 Å². The Kier molecular flexibility index (Phi) is 5.88. The number of carbonyl (C=O) groups excluding carboxylic acids is 1. The van der Waals surface area contributed by atoms with Crippen LogP contribution in [0.4, 0.5) is 0 Å². The molecule has 140 valence electrons. The summed E-state index contributed by atoms with van der Waals surface area (Å²) in [5, 5.41) is 17.4. The number of carbonyl (C=O) groups is 1. The van der Waals surface area contributed by atoms with Gasteiger partial charge in [0.05, 0.1) is 30.7 Å². The van der Waals surface area contributed by atoms with Crippen molar-refractivity contribution >= 4 is 5.91 Å². The number of aliphatic hydroxyl groups excluding tert-OH is 1. The van der Waals surface area contributed by atoms with E-state index < -0.39 is 6.10 Å². The van der Waals surface area contributed by atoms with Crippen LogP contribution in [0, 0.1) is 0 Å². The summed E-state index contributed by atoms with van der Waals surface area (Å²) < 4.78 is 6.87. The number of benzene rings is 2. The van der Waals surface area contributed by atoms with Crippen LogP contribution in [0.1, 0.15) is 33.3 Å². The van der Waals surface area contributed by atoms with Gasteiger partial charge in [0.15, 0.2) is 0 Å². The summed E-state index contributed by atoms with van der Waals surface area (Å²) >= 11 is 0. The van der Waals surface area contributed by atoms with E-state index in [9.17, 15) is 9.90 Å². The van der Waals surface area contributed by atoms with Gasteiger partial charge in [0, 0.05) is 20.0 Å². The number of hydrogen-bond acceptors (Lipinski definition) is 4. The maximum absolute atomic E-state index is 12.6. The predicted octanol–water partition coefficient (Wildman–Crippen LogP) is 2.48.